The minimum atomic E-state index is -3.76. The number of ether oxygens (including phenoxy) is 2. The maximum atomic E-state index is 12.8. The second-order valence-corrected chi connectivity index (χ2v) is 8.83. The maximum Gasteiger partial charge on any atom is 0.338 e. The van der Waals surface area contributed by atoms with Gasteiger partial charge in [0.15, 0.2) is 0 Å². The number of carbonyl (C=O) groups excluding carboxylic acids is 2. The van der Waals surface area contributed by atoms with E-state index in [2.05, 4.69) is 4.74 Å². The molecular formula is C20H20ClNO6S. The summed E-state index contributed by atoms with van der Waals surface area (Å²) < 4.78 is 36.8. The Bertz CT molecular complexity index is 1010. The summed E-state index contributed by atoms with van der Waals surface area (Å²) in [6.07, 6.45) is 1.60. The molecule has 1 aliphatic heterocycles. The van der Waals surface area contributed by atoms with Gasteiger partial charge in [-0.15, -0.1) is 0 Å². The zero-order valence-corrected chi connectivity index (χ0v) is 17.3. The van der Waals surface area contributed by atoms with Gasteiger partial charge in [-0.2, -0.15) is 4.31 Å². The van der Waals surface area contributed by atoms with Crippen LogP contribution in [0.15, 0.2) is 47.4 Å². The third kappa shape index (κ3) is 4.77. The van der Waals surface area contributed by atoms with Crippen LogP contribution in [0, 0.1) is 0 Å². The number of rotatable bonds is 6. The van der Waals surface area contributed by atoms with Gasteiger partial charge in [-0.1, -0.05) is 23.7 Å². The monoisotopic (exact) mass is 437 g/mol. The number of nitrogens with zero attached hydrogens (tertiary/aromatic N) is 1. The molecule has 0 atom stereocenters. The first kappa shape index (κ1) is 21.3. The molecule has 0 aromatic heterocycles. The lowest BCUT2D eigenvalue weighted by Crippen LogP contribution is -2.28. The normalized spacial score (nSPS) is 14.6. The summed E-state index contributed by atoms with van der Waals surface area (Å²) in [5.41, 5.74) is 1.15. The van der Waals surface area contributed by atoms with E-state index < -0.39 is 22.0 Å². The molecule has 1 saturated heterocycles. The number of hydrogen-bond donors (Lipinski definition) is 0. The molecule has 7 nitrogen and oxygen atoms in total. The van der Waals surface area contributed by atoms with E-state index in [9.17, 15) is 18.0 Å². The molecule has 9 heteroatoms. The largest absolute Gasteiger partial charge is 0.465 e. The zero-order chi connectivity index (χ0) is 21.0. The van der Waals surface area contributed by atoms with Crippen molar-refractivity contribution in [2.24, 2.45) is 0 Å². The molecule has 1 fully saturated rings. The Kier molecular flexibility index (Phi) is 6.56. The van der Waals surface area contributed by atoms with Crippen molar-refractivity contribution in [3.8, 4) is 0 Å². The first-order chi connectivity index (χ1) is 13.8. The number of benzene rings is 2. The Balaban J connectivity index is 1.72. The highest BCUT2D eigenvalue weighted by molar-refractivity contribution is 7.89. The summed E-state index contributed by atoms with van der Waals surface area (Å²) in [5, 5.41) is 0.0619. The topological polar surface area (TPSA) is 90.0 Å². The van der Waals surface area contributed by atoms with Crippen molar-refractivity contribution >= 4 is 33.6 Å². The van der Waals surface area contributed by atoms with Crippen LogP contribution in [-0.2, 0) is 26.1 Å². The van der Waals surface area contributed by atoms with E-state index in [0.717, 1.165) is 12.8 Å². The molecule has 0 spiro atoms. The summed E-state index contributed by atoms with van der Waals surface area (Å²) in [4.78, 5) is 23.7. The molecule has 2 aromatic rings. The van der Waals surface area contributed by atoms with Crippen molar-refractivity contribution < 1.29 is 27.5 Å². The van der Waals surface area contributed by atoms with Crippen LogP contribution in [0.4, 0.5) is 0 Å². The Labute approximate surface area is 174 Å². The highest BCUT2D eigenvalue weighted by atomic mass is 35.5. The minimum absolute atomic E-state index is 0.0306. The van der Waals surface area contributed by atoms with Crippen molar-refractivity contribution in [3.63, 3.8) is 0 Å². The van der Waals surface area contributed by atoms with Gasteiger partial charge in [-0.3, -0.25) is 0 Å². The lowest BCUT2D eigenvalue weighted by molar-refractivity contribution is 0.0471. The summed E-state index contributed by atoms with van der Waals surface area (Å²) in [7, 11) is -2.46. The van der Waals surface area contributed by atoms with Crippen LogP contribution in [0.2, 0.25) is 5.02 Å². The number of halogens is 1. The quantitative estimate of drug-likeness (QED) is 0.644. The van der Waals surface area contributed by atoms with Gasteiger partial charge in [0.2, 0.25) is 10.0 Å². The number of hydrogen-bond acceptors (Lipinski definition) is 6. The Morgan fingerprint density at radius 1 is 1.00 bits per heavy atom. The summed E-state index contributed by atoms with van der Waals surface area (Å²) in [6.45, 7) is 0.848. The molecule has 0 radical (unpaired) electrons. The van der Waals surface area contributed by atoms with Gasteiger partial charge in [-0.05, 0) is 48.7 Å². The van der Waals surface area contributed by atoms with Crippen LogP contribution >= 0.6 is 11.6 Å². The molecule has 0 N–H and O–H groups in total. The Morgan fingerprint density at radius 2 is 1.62 bits per heavy atom. The highest BCUT2D eigenvalue weighted by Crippen LogP contribution is 2.28. The number of esters is 2. The average molecular weight is 438 g/mol. The number of methoxy groups -OCH3 is 1. The van der Waals surface area contributed by atoms with Crippen molar-refractivity contribution in [1.82, 2.24) is 4.31 Å². The van der Waals surface area contributed by atoms with Gasteiger partial charge in [0.05, 0.1) is 23.3 Å². The summed E-state index contributed by atoms with van der Waals surface area (Å²) in [5.74, 6) is -1.13. The van der Waals surface area contributed by atoms with Crippen LogP contribution in [0.3, 0.4) is 0 Å². The van der Waals surface area contributed by atoms with Crippen molar-refractivity contribution in [1.29, 1.82) is 0 Å². The molecule has 0 aliphatic carbocycles. The van der Waals surface area contributed by atoms with Crippen molar-refractivity contribution in [2.75, 3.05) is 20.2 Å². The van der Waals surface area contributed by atoms with Gasteiger partial charge in [-0.25, -0.2) is 18.0 Å². The lowest BCUT2D eigenvalue weighted by Gasteiger charge is -2.17. The molecule has 154 valence electrons. The predicted molar refractivity (Wildman–Crippen MR) is 106 cm³/mol. The highest BCUT2D eigenvalue weighted by Gasteiger charge is 2.30. The van der Waals surface area contributed by atoms with E-state index >= 15 is 0 Å². The summed E-state index contributed by atoms with van der Waals surface area (Å²) >= 11 is 6.09. The second-order valence-electron chi connectivity index (χ2n) is 6.52. The Hall–Kier alpha value is -2.42. The molecule has 3 rings (SSSR count). The van der Waals surface area contributed by atoms with Gasteiger partial charge >= 0.3 is 11.9 Å². The van der Waals surface area contributed by atoms with E-state index in [4.69, 9.17) is 16.3 Å². The van der Waals surface area contributed by atoms with Gasteiger partial charge < -0.3 is 9.47 Å². The van der Waals surface area contributed by atoms with E-state index in [1.165, 1.54) is 29.6 Å². The van der Waals surface area contributed by atoms with Gasteiger partial charge in [0.25, 0.3) is 0 Å². The molecule has 0 saturated carbocycles. The lowest BCUT2D eigenvalue weighted by atomic mass is 10.1. The molecule has 0 amide bonds. The first-order valence-corrected chi connectivity index (χ1v) is 10.8. The first-order valence-electron chi connectivity index (χ1n) is 8.97. The van der Waals surface area contributed by atoms with Crippen LogP contribution in [0.5, 0.6) is 0 Å². The molecular weight excluding hydrogens is 418 g/mol. The standard InChI is InChI=1S/C20H20ClNO6S/c1-27-19(23)15-6-4-14(5-7-15)13-28-20(24)16-8-9-17(21)18(12-16)29(25,26)22-10-2-3-11-22/h4-9,12H,2-3,10-11,13H2,1H3. The third-order valence-corrected chi connectivity index (χ3v) is 6.97. The molecule has 0 unspecified atom stereocenters. The van der Waals surface area contributed by atoms with E-state index in [0.29, 0.717) is 24.2 Å². The molecule has 1 aliphatic rings. The minimum Gasteiger partial charge on any atom is -0.465 e. The smallest absolute Gasteiger partial charge is 0.338 e. The second kappa shape index (κ2) is 8.94. The average Bonchev–Trinajstić information content (AvgIpc) is 3.28. The third-order valence-electron chi connectivity index (χ3n) is 4.59. The van der Waals surface area contributed by atoms with Gasteiger partial charge in [0.1, 0.15) is 11.5 Å². The molecule has 2 aromatic carbocycles. The van der Waals surface area contributed by atoms with Gasteiger partial charge in [0, 0.05) is 13.1 Å². The number of carbonyl (C=O) groups is 2. The fourth-order valence-electron chi connectivity index (χ4n) is 2.98. The Morgan fingerprint density at radius 3 is 2.24 bits per heavy atom. The van der Waals surface area contributed by atoms with Crippen molar-refractivity contribution in [3.05, 3.63) is 64.2 Å². The van der Waals surface area contributed by atoms with E-state index in [1.54, 1.807) is 24.3 Å². The molecule has 29 heavy (non-hydrogen) atoms. The maximum absolute atomic E-state index is 12.8. The molecule has 1 heterocycles. The van der Waals surface area contributed by atoms with Crippen LogP contribution in [0.1, 0.15) is 39.1 Å². The summed E-state index contributed by atoms with van der Waals surface area (Å²) in [6, 6.07) is 10.5. The SMILES string of the molecule is COC(=O)c1ccc(COC(=O)c2ccc(Cl)c(S(=O)(=O)N3CCCC3)c2)cc1. The van der Waals surface area contributed by atoms with Crippen molar-refractivity contribution in [2.45, 2.75) is 24.3 Å². The number of sulfonamides is 1. The molecule has 0 bridgehead atoms. The van der Waals surface area contributed by atoms with E-state index in [1.807, 2.05) is 0 Å². The fourth-order valence-corrected chi connectivity index (χ4v) is 5.00. The van der Waals surface area contributed by atoms with Crippen LogP contribution < -0.4 is 0 Å². The fraction of sp³-hybridized carbons (Fsp3) is 0.300. The predicted octanol–water partition coefficient (Wildman–Crippen LogP) is 3.27. The van der Waals surface area contributed by atoms with Crippen LogP contribution in [-0.4, -0.2) is 44.9 Å². The van der Waals surface area contributed by atoms with E-state index in [-0.39, 0.29) is 22.1 Å². The van der Waals surface area contributed by atoms with Crippen LogP contribution in [0.25, 0.3) is 0 Å². The zero-order valence-electron chi connectivity index (χ0n) is 15.8.